The molecule has 0 aliphatic carbocycles. The van der Waals surface area contributed by atoms with Crippen LogP contribution in [-0.2, 0) is 0 Å². The van der Waals surface area contributed by atoms with Crippen molar-refractivity contribution in [2.24, 2.45) is 0 Å². The molecule has 4 aromatic rings. The van der Waals surface area contributed by atoms with Gasteiger partial charge < -0.3 is 14.8 Å². The van der Waals surface area contributed by atoms with Gasteiger partial charge in [0.2, 0.25) is 0 Å². The number of rotatable bonds is 8. The van der Waals surface area contributed by atoms with E-state index in [-0.39, 0.29) is 16.6 Å². The van der Waals surface area contributed by atoms with Crippen molar-refractivity contribution in [1.82, 2.24) is 19.7 Å². The molecule has 0 spiro atoms. The number of aromatic nitrogens is 4. The van der Waals surface area contributed by atoms with E-state index in [1.54, 1.807) is 6.20 Å². The highest BCUT2D eigenvalue weighted by Gasteiger charge is 2.17. The maximum Gasteiger partial charge on any atom is 0.135 e. The molecular formula is C22H29B6N5O2. The van der Waals surface area contributed by atoms with Crippen LogP contribution in [0.5, 0.6) is 11.5 Å². The second-order valence-electron chi connectivity index (χ2n) is 11.0. The van der Waals surface area contributed by atoms with E-state index in [1.807, 2.05) is 101 Å². The lowest BCUT2D eigenvalue weighted by molar-refractivity contribution is 0.302. The SMILES string of the molecule is BC(B)(B)Oc1cc(Nc2ccc3ncc(-c4cnn(C(C)C)c4)nc3c2)cc(OC(B)(B)B)c1. The van der Waals surface area contributed by atoms with Crippen LogP contribution in [0.2, 0.25) is 0 Å². The minimum Gasteiger partial charge on any atom is -0.513 e. The molecule has 0 saturated carbocycles. The molecule has 0 radical (unpaired) electrons. The van der Waals surface area contributed by atoms with Gasteiger partial charge in [-0.25, -0.2) is 4.98 Å². The van der Waals surface area contributed by atoms with Gasteiger partial charge in [-0.1, -0.05) is 0 Å². The van der Waals surface area contributed by atoms with Crippen molar-refractivity contribution >= 4 is 69.5 Å². The van der Waals surface area contributed by atoms with E-state index >= 15 is 0 Å². The molecule has 172 valence electrons. The van der Waals surface area contributed by atoms with Gasteiger partial charge >= 0.3 is 0 Å². The summed E-state index contributed by atoms with van der Waals surface area (Å²) in [6.07, 6.45) is 5.62. The zero-order valence-electron chi connectivity index (χ0n) is 21.9. The molecule has 35 heavy (non-hydrogen) atoms. The first-order valence-electron chi connectivity index (χ1n) is 12.0. The van der Waals surface area contributed by atoms with Crippen molar-refractivity contribution in [3.63, 3.8) is 0 Å². The van der Waals surface area contributed by atoms with Gasteiger partial charge in [0.05, 0.1) is 29.1 Å². The van der Waals surface area contributed by atoms with Gasteiger partial charge in [-0.2, -0.15) is 5.10 Å². The third-order valence-electron chi connectivity index (χ3n) is 4.99. The molecule has 0 aliphatic rings. The largest absolute Gasteiger partial charge is 0.513 e. The second-order valence-corrected chi connectivity index (χ2v) is 11.0. The minimum atomic E-state index is -0.323. The van der Waals surface area contributed by atoms with Crippen molar-refractivity contribution in [2.45, 2.75) is 30.5 Å². The molecule has 0 saturated heterocycles. The van der Waals surface area contributed by atoms with Gasteiger partial charge in [-0.05, 0) is 32.0 Å². The molecule has 0 atom stereocenters. The van der Waals surface area contributed by atoms with Crippen LogP contribution in [0.3, 0.4) is 0 Å². The van der Waals surface area contributed by atoms with Crippen LogP contribution >= 0.6 is 0 Å². The normalized spacial score (nSPS) is 12.1. The number of hydrogen-bond donors (Lipinski definition) is 1. The molecule has 2 heterocycles. The summed E-state index contributed by atoms with van der Waals surface area (Å²) in [5, 5.41) is 7.26. The molecule has 7 nitrogen and oxygen atoms in total. The number of benzene rings is 2. The Morgan fingerprint density at radius 1 is 0.829 bits per heavy atom. The van der Waals surface area contributed by atoms with Crippen LogP contribution in [0, 0.1) is 0 Å². The first-order chi connectivity index (χ1) is 16.3. The van der Waals surface area contributed by atoms with Crippen LogP contribution < -0.4 is 14.8 Å². The summed E-state index contributed by atoms with van der Waals surface area (Å²) < 4.78 is 14.2. The summed E-state index contributed by atoms with van der Waals surface area (Å²) in [4.78, 5) is 9.45. The molecule has 0 fully saturated rings. The van der Waals surface area contributed by atoms with Gasteiger partial charge in [-0.3, -0.25) is 9.67 Å². The van der Waals surface area contributed by atoms with Gasteiger partial charge in [0.1, 0.15) is 58.6 Å². The molecule has 0 aliphatic heterocycles. The zero-order valence-corrected chi connectivity index (χ0v) is 21.9. The minimum absolute atomic E-state index is 0.290. The fourth-order valence-corrected chi connectivity index (χ4v) is 3.62. The summed E-state index contributed by atoms with van der Waals surface area (Å²) in [6, 6.07) is 12.1. The lowest BCUT2D eigenvalue weighted by Crippen LogP contribution is -2.38. The Bertz CT molecular complexity index is 1320. The van der Waals surface area contributed by atoms with Crippen molar-refractivity contribution in [1.29, 1.82) is 0 Å². The van der Waals surface area contributed by atoms with E-state index in [0.717, 1.165) is 45.2 Å². The molecule has 0 unspecified atom stereocenters. The van der Waals surface area contributed by atoms with Crippen molar-refractivity contribution < 1.29 is 9.47 Å². The van der Waals surface area contributed by atoms with Crippen LogP contribution in [0.15, 0.2) is 55.0 Å². The number of anilines is 2. The van der Waals surface area contributed by atoms with Gasteiger partial charge in [0, 0.05) is 58.0 Å². The lowest BCUT2D eigenvalue weighted by Gasteiger charge is -2.26. The molecule has 0 bridgehead atoms. The summed E-state index contributed by atoms with van der Waals surface area (Å²) in [7, 11) is 12.2. The molecule has 2 aromatic carbocycles. The Morgan fingerprint density at radius 3 is 2.06 bits per heavy atom. The number of hydrogen-bond acceptors (Lipinski definition) is 6. The Morgan fingerprint density at radius 2 is 1.49 bits per heavy atom. The van der Waals surface area contributed by atoms with E-state index in [4.69, 9.17) is 14.5 Å². The summed E-state index contributed by atoms with van der Waals surface area (Å²) in [6.45, 7) is 4.19. The molecular weight excluding hydrogens is 431 g/mol. The smallest absolute Gasteiger partial charge is 0.135 e. The van der Waals surface area contributed by atoms with Crippen molar-refractivity contribution in [3.8, 4) is 22.8 Å². The van der Waals surface area contributed by atoms with Crippen molar-refractivity contribution in [3.05, 3.63) is 55.0 Å². The first-order valence-corrected chi connectivity index (χ1v) is 12.0. The van der Waals surface area contributed by atoms with E-state index < -0.39 is 0 Å². The molecule has 13 heteroatoms. The van der Waals surface area contributed by atoms with Crippen LogP contribution in [0.1, 0.15) is 19.9 Å². The van der Waals surface area contributed by atoms with Gasteiger partial charge in [0.25, 0.3) is 0 Å². The maximum atomic E-state index is 6.14. The topological polar surface area (TPSA) is 74.1 Å². The maximum absolute atomic E-state index is 6.14. The average molecular weight is 460 g/mol. The Labute approximate surface area is 212 Å². The highest BCUT2D eigenvalue weighted by molar-refractivity contribution is 6.58. The highest BCUT2D eigenvalue weighted by atomic mass is 16.5. The third kappa shape index (κ3) is 6.68. The Balaban J connectivity index is 1.65. The van der Waals surface area contributed by atoms with E-state index in [0.29, 0.717) is 0 Å². The summed E-state index contributed by atoms with van der Waals surface area (Å²) >= 11 is 0. The Kier molecular flexibility index (Phi) is 6.71. The monoisotopic (exact) mass is 461 g/mol. The molecule has 2 aromatic heterocycles. The fraction of sp³-hybridized carbons (Fsp3) is 0.227. The van der Waals surface area contributed by atoms with E-state index in [1.165, 1.54) is 0 Å². The highest BCUT2D eigenvalue weighted by Crippen LogP contribution is 2.31. The predicted molar refractivity (Wildman–Crippen MR) is 159 cm³/mol. The number of nitrogens with zero attached hydrogens (tertiary/aromatic N) is 4. The average Bonchev–Trinajstić information content (AvgIpc) is 3.21. The van der Waals surface area contributed by atoms with E-state index in [2.05, 4.69) is 29.2 Å². The van der Waals surface area contributed by atoms with Gasteiger partial charge in [0.15, 0.2) is 0 Å². The van der Waals surface area contributed by atoms with Crippen LogP contribution in [-0.4, -0.2) is 77.4 Å². The number of ether oxygens (including phenoxy) is 2. The van der Waals surface area contributed by atoms with Crippen LogP contribution in [0.25, 0.3) is 22.3 Å². The van der Waals surface area contributed by atoms with Crippen LogP contribution in [0.4, 0.5) is 11.4 Å². The fourth-order valence-electron chi connectivity index (χ4n) is 3.62. The first kappa shape index (κ1) is 24.9. The summed E-state index contributed by atoms with van der Waals surface area (Å²) in [5.74, 6) is 1.48. The Hall–Kier alpha value is -3.22. The quantitative estimate of drug-likeness (QED) is 0.326. The molecule has 0 amide bonds. The number of fused-ring (bicyclic) bond motifs is 1. The summed E-state index contributed by atoms with van der Waals surface area (Å²) in [5.41, 5.74) is 5.14. The lowest BCUT2D eigenvalue weighted by atomic mass is 9.52. The zero-order chi connectivity index (χ0) is 25.4. The predicted octanol–water partition coefficient (Wildman–Crippen LogP) is -1.40. The standard InChI is InChI=1S/C22H29B6N5O2/c1-12(2)33-11-13(9-30-33)20-10-29-18-4-3-14(7-19(18)32-20)31-15-5-16(34-21(23,24)25)8-17(6-15)35-22(26,27)28/h3-12,31H,23-28H2,1-2H3. The molecule has 1 N–H and O–H groups in total. The molecule has 4 rings (SSSR count). The van der Waals surface area contributed by atoms with E-state index in [9.17, 15) is 0 Å². The third-order valence-corrected chi connectivity index (χ3v) is 4.99. The second kappa shape index (κ2) is 9.44. The number of nitrogens with one attached hydrogen (secondary N) is 1. The van der Waals surface area contributed by atoms with Gasteiger partial charge in [-0.15, -0.1) is 0 Å². The van der Waals surface area contributed by atoms with Crippen molar-refractivity contribution in [2.75, 3.05) is 5.32 Å².